The highest BCUT2D eigenvalue weighted by molar-refractivity contribution is 5.92. The Balaban J connectivity index is 2.33. The van der Waals surface area contributed by atoms with Crippen LogP contribution in [-0.2, 0) is 0 Å². The number of aryl methyl sites for hydroxylation is 1. The number of pyridine rings is 1. The standard InChI is InChI=1S/C12H16FN5/c1-7(10-4-3-9(13)8(2)17-10)12(15)16-6-5-11(14)18-12/h3-7,16H,15H2,1-2H3,(H2,14,18). The van der Waals surface area contributed by atoms with Gasteiger partial charge in [-0.25, -0.2) is 9.38 Å². The molecule has 0 aromatic carbocycles. The van der Waals surface area contributed by atoms with Crippen molar-refractivity contribution in [2.24, 2.45) is 16.5 Å². The van der Waals surface area contributed by atoms with Gasteiger partial charge in [0.25, 0.3) is 0 Å². The third-order valence-corrected chi connectivity index (χ3v) is 3.03. The first-order valence-electron chi connectivity index (χ1n) is 5.64. The fraction of sp³-hybridized carbons (Fsp3) is 0.333. The van der Waals surface area contributed by atoms with E-state index in [1.807, 2.05) is 6.92 Å². The van der Waals surface area contributed by atoms with Crippen molar-refractivity contribution in [3.63, 3.8) is 0 Å². The SMILES string of the molecule is Cc1nc(C(C)C2(N)N=C(N)C=CN2)ccc1F. The molecule has 2 rings (SSSR count). The summed E-state index contributed by atoms with van der Waals surface area (Å²) in [6.45, 7) is 3.48. The maximum Gasteiger partial charge on any atom is 0.192 e. The second kappa shape index (κ2) is 4.38. The molecule has 5 nitrogen and oxygen atoms in total. The van der Waals surface area contributed by atoms with Gasteiger partial charge in [-0.3, -0.25) is 10.7 Å². The zero-order chi connectivity index (χ0) is 13.3. The van der Waals surface area contributed by atoms with Crippen LogP contribution in [0.25, 0.3) is 0 Å². The van der Waals surface area contributed by atoms with Gasteiger partial charge >= 0.3 is 0 Å². The first-order chi connectivity index (χ1) is 8.42. The van der Waals surface area contributed by atoms with Crippen molar-refractivity contribution in [1.82, 2.24) is 10.3 Å². The van der Waals surface area contributed by atoms with Crippen LogP contribution in [0.15, 0.2) is 29.4 Å². The minimum absolute atomic E-state index is 0.250. The van der Waals surface area contributed by atoms with Gasteiger partial charge in [-0.1, -0.05) is 6.92 Å². The predicted molar refractivity (Wildman–Crippen MR) is 68.2 cm³/mol. The summed E-state index contributed by atoms with van der Waals surface area (Å²) in [6, 6.07) is 2.98. The van der Waals surface area contributed by atoms with E-state index < -0.39 is 5.79 Å². The Kier molecular flexibility index (Phi) is 3.04. The van der Waals surface area contributed by atoms with Gasteiger partial charge in [-0.05, 0) is 25.1 Å². The van der Waals surface area contributed by atoms with Crippen LogP contribution < -0.4 is 16.8 Å². The maximum absolute atomic E-state index is 13.2. The Morgan fingerprint density at radius 2 is 2.17 bits per heavy atom. The van der Waals surface area contributed by atoms with E-state index in [2.05, 4.69) is 15.3 Å². The van der Waals surface area contributed by atoms with Crippen LogP contribution in [0.1, 0.15) is 24.2 Å². The molecule has 6 heteroatoms. The molecule has 2 heterocycles. The van der Waals surface area contributed by atoms with E-state index in [9.17, 15) is 4.39 Å². The number of hydrogen-bond acceptors (Lipinski definition) is 5. The second-order valence-electron chi connectivity index (χ2n) is 4.36. The number of amidine groups is 1. The van der Waals surface area contributed by atoms with Crippen molar-refractivity contribution in [2.45, 2.75) is 25.6 Å². The van der Waals surface area contributed by atoms with E-state index in [4.69, 9.17) is 11.5 Å². The third kappa shape index (κ3) is 2.19. The minimum Gasteiger partial charge on any atom is -0.384 e. The van der Waals surface area contributed by atoms with Crippen LogP contribution in [0.5, 0.6) is 0 Å². The largest absolute Gasteiger partial charge is 0.384 e. The van der Waals surface area contributed by atoms with Crippen LogP contribution in [0.4, 0.5) is 4.39 Å². The topological polar surface area (TPSA) is 89.3 Å². The molecular weight excluding hydrogens is 233 g/mol. The number of nitrogens with zero attached hydrogens (tertiary/aromatic N) is 2. The van der Waals surface area contributed by atoms with Gasteiger partial charge in [0, 0.05) is 11.9 Å². The molecule has 5 N–H and O–H groups in total. The molecule has 1 aromatic rings. The molecule has 2 atom stereocenters. The first-order valence-corrected chi connectivity index (χ1v) is 5.64. The Hall–Kier alpha value is -1.95. The monoisotopic (exact) mass is 249 g/mol. The van der Waals surface area contributed by atoms with Gasteiger partial charge in [0.1, 0.15) is 11.7 Å². The lowest BCUT2D eigenvalue weighted by atomic mass is 9.98. The van der Waals surface area contributed by atoms with Crippen LogP contribution in [0.3, 0.4) is 0 Å². The van der Waals surface area contributed by atoms with E-state index in [0.29, 0.717) is 17.2 Å². The Labute approximate surface area is 105 Å². The zero-order valence-electron chi connectivity index (χ0n) is 10.3. The summed E-state index contributed by atoms with van der Waals surface area (Å²) in [7, 11) is 0. The maximum atomic E-state index is 13.2. The van der Waals surface area contributed by atoms with Gasteiger partial charge in [0.05, 0.1) is 11.6 Å². The summed E-state index contributed by atoms with van der Waals surface area (Å²) in [5.74, 6) is -1.30. The molecule has 0 saturated heterocycles. The number of rotatable bonds is 2. The molecule has 0 amide bonds. The molecule has 0 fully saturated rings. The lowest BCUT2D eigenvalue weighted by Gasteiger charge is -2.33. The predicted octanol–water partition coefficient (Wildman–Crippen LogP) is 0.719. The van der Waals surface area contributed by atoms with Crippen molar-refractivity contribution in [1.29, 1.82) is 0 Å². The lowest BCUT2D eigenvalue weighted by Crippen LogP contribution is -2.56. The molecule has 0 radical (unpaired) electrons. The molecule has 0 bridgehead atoms. The molecule has 0 spiro atoms. The van der Waals surface area contributed by atoms with E-state index in [0.717, 1.165) is 0 Å². The quantitative estimate of drug-likeness (QED) is 0.720. The number of aliphatic imine (C=N–C) groups is 1. The number of halogens is 1. The number of hydrogen-bond donors (Lipinski definition) is 3. The van der Waals surface area contributed by atoms with Crippen molar-refractivity contribution in [3.05, 3.63) is 41.6 Å². The minimum atomic E-state index is -1.06. The van der Waals surface area contributed by atoms with Crippen LogP contribution in [0, 0.1) is 12.7 Å². The second-order valence-corrected chi connectivity index (χ2v) is 4.36. The summed E-state index contributed by atoms with van der Waals surface area (Å²) in [6.07, 6.45) is 3.27. The Morgan fingerprint density at radius 1 is 1.44 bits per heavy atom. The zero-order valence-corrected chi connectivity index (χ0v) is 10.3. The van der Waals surface area contributed by atoms with Crippen LogP contribution in [-0.4, -0.2) is 16.6 Å². The molecule has 1 aromatic heterocycles. The smallest absolute Gasteiger partial charge is 0.192 e. The van der Waals surface area contributed by atoms with Gasteiger partial charge in [0.2, 0.25) is 0 Å². The summed E-state index contributed by atoms with van der Waals surface area (Å²) >= 11 is 0. The molecule has 2 unspecified atom stereocenters. The fourth-order valence-corrected chi connectivity index (χ4v) is 1.80. The molecule has 0 aliphatic carbocycles. The third-order valence-electron chi connectivity index (χ3n) is 3.03. The summed E-state index contributed by atoms with van der Waals surface area (Å²) in [5.41, 5.74) is 12.8. The van der Waals surface area contributed by atoms with Gasteiger partial charge in [-0.2, -0.15) is 0 Å². The van der Waals surface area contributed by atoms with Crippen molar-refractivity contribution >= 4 is 5.84 Å². The summed E-state index contributed by atoms with van der Waals surface area (Å²) in [4.78, 5) is 8.37. The van der Waals surface area contributed by atoms with Crippen molar-refractivity contribution < 1.29 is 4.39 Å². The molecule has 0 saturated carbocycles. The summed E-state index contributed by atoms with van der Waals surface area (Å²) < 4.78 is 13.2. The Morgan fingerprint density at radius 3 is 2.78 bits per heavy atom. The highest BCUT2D eigenvalue weighted by Gasteiger charge is 2.34. The highest BCUT2D eigenvalue weighted by Crippen LogP contribution is 2.26. The van der Waals surface area contributed by atoms with Gasteiger partial charge < -0.3 is 11.1 Å². The van der Waals surface area contributed by atoms with Crippen LogP contribution in [0.2, 0.25) is 0 Å². The number of nitrogens with one attached hydrogen (secondary N) is 1. The van der Waals surface area contributed by atoms with E-state index in [1.165, 1.54) is 6.07 Å². The number of aromatic nitrogens is 1. The molecule has 1 aliphatic heterocycles. The van der Waals surface area contributed by atoms with Crippen molar-refractivity contribution in [3.8, 4) is 0 Å². The van der Waals surface area contributed by atoms with Crippen LogP contribution >= 0.6 is 0 Å². The van der Waals surface area contributed by atoms with E-state index >= 15 is 0 Å². The van der Waals surface area contributed by atoms with E-state index in [1.54, 1.807) is 25.3 Å². The highest BCUT2D eigenvalue weighted by atomic mass is 19.1. The summed E-state index contributed by atoms with van der Waals surface area (Å²) in [5, 5.41) is 2.95. The van der Waals surface area contributed by atoms with Gasteiger partial charge in [0.15, 0.2) is 5.79 Å². The van der Waals surface area contributed by atoms with Gasteiger partial charge in [-0.15, -0.1) is 0 Å². The average molecular weight is 249 g/mol. The normalized spacial score (nSPS) is 24.3. The molecule has 18 heavy (non-hydrogen) atoms. The first kappa shape index (κ1) is 12.5. The number of nitrogens with two attached hydrogens (primary N) is 2. The van der Waals surface area contributed by atoms with Crippen molar-refractivity contribution in [2.75, 3.05) is 0 Å². The fourth-order valence-electron chi connectivity index (χ4n) is 1.80. The molecule has 96 valence electrons. The molecular formula is C12H16FN5. The molecule has 1 aliphatic rings. The lowest BCUT2D eigenvalue weighted by molar-refractivity contribution is 0.326. The Bertz CT molecular complexity index is 525. The average Bonchev–Trinajstić information content (AvgIpc) is 2.31. The van der Waals surface area contributed by atoms with E-state index in [-0.39, 0.29) is 11.7 Å².